The molecule has 36 heavy (non-hydrogen) atoms. The molecular weight excluding hydrogens is 454 g/mol. The van der Waals surface area contributed by atoms with E-state index in [1.54, 1.807) is 6.08 Å². The van der Waals surface area contributed by atoms with Crippen molar-refractivity contribution in [2.75, 3.05) is 6.54 Å². The zero-order valence-corrected chi connectivity index (χ0v) is 22.7. The number of esters is 1. The highest BCUT2D eigenvalue weighted by molar-refractivity contribution is 6.00. The van der Waals surface area contributed by atoms with E-state index in [1.807, 2.05) is 6.92 Å². The number of rotatable bonds is 0. The number of hydrogen-bond acceptors (Lipinski definition) is 6. The Hall–Kier alpha value is -1.53. The molecule has 0 radical (unpaired) electrons. The topological polar surface area (TPSA) is 72.9 Å². The Morgan fingerprint density at radius 1 is 1.08 bits per heavy atom. The quantitative estimate of drug-likeness (QED) is 0.455. The van der Waals surface area contributed by atoms with Gasteiger partial charge in [0.1, 0.15) is 11.5 Å². The maximum Gasteiger partial charge on any atom is 0.308 e. The molecule has 7 rings (SSSR count). The summed E-state index contributed by atoms with van der Waals surface area (Å²) in [6.07, 6.45) is 7.43. The van der Waals surface area contributed by atoms with Crippen molar-refractivity contribution in [2.45, 2.75) is 104 Å². The van der Waals surface area contributed by atoms with Gasteiger partial charge in [0.05, 0.1) is 12.5 Å². The summed E-state index contributed by atoms with van der Waals surface area (Å²) in [5.41, 5.74) is -1.44. The van der Waals surface area contributed by atoms with E-state index < -0.39 is 22.3 Å². The first kappa shape index (κ1) is 23.6. The molecule has 6 heteroatoms. The van der Waals surface area contributed by atoms with Crippen molar-refractivity contribution in [3.63, 3.8) is 0 Å². The summed E-state index contributed by atoms with van der Waals surface area (Å²) in [4.78, 5) is 43.7. The molecule has 1 unspecified atom stereocenters. The fraction of sp³-hybridized carbons (Fsp3) is 0.833. The minimum absolute atomic E-state index is 0.0740. The zero-order chi connectivity index (χ0) is 25.6. The Morgan fingerprint density at radius 2 is 1.83 bits per heavy atom. The first-order chi connectivity index (χ1) is 16.8. The van der Waals surface area contributed by atoms with Crippen LogP contribution in [0.1, 0.15) is 86.5 Å². The second-order valence-corrected chi connectivity index (χ2v) is 14.6. The monoisotopic (exact) mass is 495 g/mol. The molecule has 2 saturated carbocycles. The molecule has 0 amide bonds. The molecule has 0 aromatic carbocycles. The summed E-state index contributed by atoms with van der Waals surface area (Å²) < 4.78 is 13.4. The summed E-state index contributed by atoms with van der Waals surface area (Å²) in [6.45, 7) is 13.9. The molecular formula is C30H41NO5. The first-order valence-corrected chi connectivity index (χ1v) is 14.2. The van der Waals surface area contributed by atoms with Crippen molar-refractivity contribution in [3.8, 4) is 0 Å². The SMILES string of the molecule is CC1=CC(=O)[C@@H]2[C@@H](C1)[C@]1(C)C[C@@]34OC(=O)C[C@](C)(C1C(=O)[C@@H]2C)[C@]3(C)CC[C@]12C[C@@H](C)C[C@@H](CN14)O2. The van der Waals surface area contributed by atoms with Crippen LogP contribution in [0.4, 0.5) is 0 Å². The van der Waals surface area contributed by atoms with Gasteiger partial charge in [0, 0.05) is 36.1 Å². The van der Waals surface area contributed by atoms with Crippen LogP contribution >= 0.6 is 0 Å². The maximum absolute atomic E-state index is 14.4. The van der Waals surface area contributed by atoms with E-state index in [2.05, 4.69) is 39.5 Å². The number of carbonyl (C=O) groups is 3. The van der Waals surface area contributed by atoms with Crippen LogP contribution in [0.2, 0.25) is 0 Å². The summed E-state index contributed by atoms with van der Waals surface area (Å²) in [6, 6.07) is 0. The highest BCUT2D eigenvalue weighted by atomic mass is 16.6. The van der Waals surface area contributed by atoms with Crippen molar-refractivity contribution in [1.82, 2.24) is 4.90 Å². The van der Waals surface area contributed by atoms with Crippen LogP contribution in [0.15, 0.2) is 11.6 Å². The van der Waals surface area contributed by atoms with Crippen LogP contribution in [0.5, 0.6) is 0 Å². The third-order valence-corrected chi connectivity index (χ3v) is 12.7. The van der Waals surface area contributed by atoms with Gasteiger partial charge in [0.15, 0.2) is 11.5 Å². The molecule has 4 aliphatic heterocycles. The van der Waals surface area contributed by atoms with Gasteiger partial charge in [0.2, 0.25) is 0 Å². The lowest BCUT2D eigenvalue weighted by Crippen LogP contribution is -2.83. The average Bonchev–Trinajstić information content (AvgIpc) is 3.04. The van der Waals surface area contributed by atoms with Crippen LogP contribution in [0, 0.1) is 45.8 Å². The molecule has 0 N–H and O–H groups in total. The Kier molecular flexibility index (Phi) is 4.40. The number of ketones is 2. The van der Waals surface area contributed by atoms with Gasteiger partial charge in [-0.15, -0.1) is 0 Å². The van der Waals surface area contributed by atoms with Gasteiger partial charge in [-0.1, -0.05) is 40.2 Å². The first-order valence-electron chi connectivity index (χ1n) is 14.2. The molecule has 6 fully saturated rings. The predicted octanol–water partition coefficient (Wildman–Crippen LogP) is 4.66. The number of hydrogen-bond donors (Lipinski definition) is 0. The number of allylic oxidation sites excluding steroid dienone is 2. The van der Waals surface area contributed by atoms with Crippen molar-refractivity contribution >= 4 is 17.5 Å². The predicted molar refractivity (Wildman–Crippen MR) is 132 cm³/mol. The van der Waals surface area contributed by atoms with Gasteiger partial charge in [-0.25, -0.2) is 4.90 Å². The Labute approximate surface area is 214 Å². The largest absolute Gasteiger partial charge is 0.443 e. The number of nitrogens with zero attached hydrogens (tertiary/aromatic N) is 1. The van der Waals surface area contributed by atoms with Crippen molar-refractivity contribution in [3.05, 3.63) is 11.6 Å². The smallest absolute Gasteiger partial charge is 0.308 e. The fourth-order valence-corrected chi connectivity index (χ4v) is 11.3. The molecule has 4 saturated heterocycles. The van der Waals surface area contributed by atoms with E-state index in [4.69, 9.17) is 9.47 Å². The van der Waals surface area contributed by atoms with Crippen molar-refractivity contribution in [2.24, 2.45) is 45.8 Å². The second kappa shape index (κ2) is 6.72. The number of ether oxygens (including phenoxy) is 2. The Bertz CT molecular complexity index is 1130. The minimum Gasteiger partial charge on any atom is -0.443 e. The van der Waals surface area contributed by atoms with E-state index in [1.165, 1.54) is 0 Å². The lowest BCUT2D eigenvalue weighted by Gasteiger charge is -2.76. The molecule has 4 heterocycles. The maximum atomic E-state index is 14.4. The van der Waals surface area contributed by atoms with Gasteiger partial charge >= 0.3 is 5.97 Å². The normalized spacial score (nSPS) is 57.7. The van der Waals surface area contributed by atoms with Crippen LogP contribution < -0.4 is 0 Å². The van der Waals surface area contributed by atoms with E-state index >= 15 is 0 Å². The Balaban J connectivity index is 1.46. The van der Waals surface area contributed by atoms with Gasteiger partial charge < -0.3 is 9.47 Å². The van der Waals surface area contributed by atoms with Crippen LogP contribution in [0.25, 0.3) is 0 Å². The Morgan fingerprint density at radius 3 is 2.58 bits per heavy atom. The molecule has 0 aromatic heterocycles. The van der Waals surface area contributed by atoms with E-state index in [9.17, 15) is 14.4 Å². The molecule has 3 aliphatic carbocycles. The van der Waals surface area contributed by atoms with Crippen LogP contribution in [-0.2, 0) is 23.9 Å². The van der Waals surface area contributed by atoms with Crippen molar-refractivity contribution in [1.29, 1.82) is 0 Å². The highest BCUT2D eigenvalue weighted by Crippen LogP contribution is 2.78. The zero-order valence-electron chi connectivity index (χ0n) is 22.7. The lowest BCUT2D eigenvalue weighted by atomic mass is 9.33. The van der Waals surface area contributed by atoms with Gasteiger partial charge in [-0.2, -0.15) is 0 Å². The summed E-state index contributed by atoms with van der Waals surface area (Å²) in [7, 11) is 0. The van der Waals surface area contributed by atoms with Crippen molar-refractivity contribution < 1.29 is 23.9 Å². The number of carbonyl (C=O) groups excluding carboxylic acids is 3. The van der Waals surface area contributed by atoms with E-state index in [0.717, 1.165) is 44.2 Å². The summed E-state index contributed by atoms with van der Waals surface area (Å²) in [5, 5.41) is 0. The summed E-state index contributed by atoms with van der Waals surface area (Å²) in [5.74, 6) is -0.101. The van der Waals surface area contributed by atoms with E-state index in [-0.39, 0.29) is 59.1 Å². The number of Topliss-reactive ketones (excluding diaryl/α,β-unsaturated/α-hetero) is 1. The average molecular weight is 496 g/mol. The lowest BCUT2D eigenvalue weighted by molar-refractivity contribution is -0.379. The fourth-order valence-electron chi connectivity index (χ4n) is 11.3. The van der Waals surface area contributed by atoms with Crippen LogP contribution in [-0.4, -0.2) is 46.5 Å². The highest BCUT2D eigenvalue weighted by Gasteiger charge is 2.82. The molecule has 4 bridgehead atoms. The van der Waals surface area contributed by atoms with Gasteiger partial charge in [-0.3, -0.25) is 14.4 Å². The molecule has 7 aliphatic rings. The molecule has 1 spiro atoms. The van der Waals surface area contributed by atoms with E-state index in [0.29, 0.717) is 12.3 Å². The molecule has 196 valence electrons. The molecule has 11 atom stereocenters. The standard InChI is InChI=1S/C30H41NO5/c1-16-10-20-23(21(32)11-16)18(3)24(34)25-26(20,4)15-30-28(6,27(25,5)13-22(33)36-30)7-8-29-12-17(2)9-19(35-29)14-31(29)30/h11,17-20,23,25H,7-10,12-15H2,1-6H3/t17-,18+,19-,20+,23-,25?,26-,27+,28-,29-,30+/m0/s1. The third kappa shape index (κ3) is 2.41. The van der Waals surface area contributed by atoms with Gasteiger partial charge in [0.25, 0.3) is 0 Å². The third-order valence-electron chi connectivity index (χ3n) is 12.7. The molecule has 6 nitrogen and oxygen atoms in total. The summed E-state index contributed by atoms with van der Waals surface area (Å²) >= 11 is 0. The second-order valence-electron chi connectivity index (χ2n) is 14.6. The minimum atomic E-state index is -0.817. The molecule has 0 aromatic rings. The number of fused-ring (bicyclic) bond motifs is 5. The van der Waals surface area contributed by atoms with Crippen LogP contribution in [0.3, 0.4) is 0 Å². The number of piperidine rings is 1. The van der Waals surface area contributed by atoms with Gasteiger partial charge in [-0.05, 0) is 67.8 Å².